The average Bonchev–Trinajstić information content (AvgIpc) is 2.80. The minimum atomic E-state index is 0.957. The van der Waals surface area contributed by atoms with Crippen LogP contribution in [0, 0.1) is 23.7 Å². The van der Waals surface area contributed by atoms with Crippen molar-refractivity contribution in [1.82, 2.24) is 0 Å². The van der Waals surface area contributed by atoms with E-state index >= 15 is 0 Å². The van der Waals surface area contributed by atoms with Crippen molar-refractivity contribution in [2.24, 2.45) is 17.8 Å². The molecule has 13 heavy (non-hydrogen) atoms. The van der Waals surface area contributed by atoms with Gasteiger partial charge in [0.2, 0.25) is 0 Å². The Labute approximate surface area is 81.4 Å². The zero-order valence-corrected chi connectivity index (χ0v) is 8.34. The van der Waals surface area contributed by atoms with Gasteiger partial charge in [-0.05, 0) is 36.5 Å². The summed E-state index contributed by atoms with van der Waals surface area (Å²) in [5.41, 5.74) is 0. The quantitative estimate of drug-likeness (QED) is 0.569. The lowest BCUT2D eigenvalue weighted by Crippen LogP contribution is -2.21. The second-order valence-electron chi connectivity index (χ2n) is 5.15. The van der Waals surface area contributed by atoms with Gasteiger partial charge in [0.1, 0.15) is 0 Å². The van der Waals surface area contributed by atoms with E-state index in [2.05, 4.69) is 12.2 Å². The van der Waals surface area contributed by atoms with Crippen LogP contribution in [0.15, 0.2) is 12.2 Å². The molecule has 0 saturated heterocycles. The summed E-state index contributed by atoms with van der Waals surface area (Å²) in [6, 6.07) is 0. The molecule has 0 aromatic carbocycles. The van der Waals surface area contributed by atoms with Crippen molar-refractivity contribution in [2.75, 3.05) is 0 Å². The van der Waals surface area contributed by atoms with Crippen molar-refractivity contribution in [1.29, 1.82) is 0 Å². The monoisotopic (exact) mass is 175 g/mol. The van der Waals surface area contributed by atoms with Crippen LogP contribution in [-0.4, -0.2) is 0 Å². The summed E-state index contributed by atoms with van der Waals surface area (Å²) in [5.74, 6) is 4.85. The van der Waals surface area contributed by atoms with E-state index in [1.165, 1.54) is 44.9 Å². The van der Waals surface area contributed by atoms with E-state index in [0.717, 1.165) is 17.8 Å². The molecular weight excluding hydrogens is 156 g/mol. The third-order valence-electron chi connectivity index (χ3n) is 4.38. The lowest BCUT2D eigenvalue weighted by Gasteiger charge is -2.31. The van der Waals surface area contributed by atoms with E-state index in [1.807, 2.05) is 0 Å². The molecule has 0 aromatic rings. The third-order valence-corrected chi connectivity index (χ3v) is 4.38. The minimum Gasteiger partial charge on any atom is -0.0845 e. The van der Waals surface area contributed by atoms with Crippen LogP contribution in [0.1, 0.15) is 44.9 Å². The molecule has 71 valence electrons. The van der Waals surface area contributed by atoms with Crippen molar-refractivity contribution in [3.63, 3.8) is 0 Å². The molecule has 0 N–H and O–H groups in total. The first-order valence-electron chi connectivity index (χ1n) is 5.96. The molecule has 2 bridgehead atoms. The molecule has 0 aromatic heterocycles. The normalized spacial score (nSPS) is 40.3. The van der Waals surface area contributed by atoms with Gasteiger partial charge in [0.15, 0.2) is 0 Å². The number of hydrogen-bond acceptors (Lipinski definition) is 0. The van der Waals surface area contributed by atoms with Gasteiger partial charge in [-0.3, -0.25) is 0 Å². The molecule has 1 radical (unpaired) electrons. The molecule has 0 aliphatic heterocycles. The summed E-state index contributed by atoms with van der Waals surface area (Å²) in [5, 5.41) is 0. The highest BCUT2D eigenvalue weighted by Crippen LogP contribution is 2.50. The molecule has 3 aliphatic rings. The summed E-state index contributed by atoms with van der Waals surface area (Å²) in [7, 11) is 0. The van der Waals surface area contributed by atoms with E-state index in [1.54, 1.807) is 5.92 Å². The predicted molar refractivity (Wildman–Crippen MR) is 55.2 cm³/mol. The number of allylic oxidation sites excluding steroid dienone is 2. The fraction of sp³-hybridized carbons (Fsp3) is 0.769. The lowest BCUT2D eigenvalue weighted by atomic mass is 9.74. The molecule has 3 rings (SSSR count). The summed E-state index contributed by atoms with van der Waals surface area (Å²) in [6.45, 7) is 0. The zero-order chi connectivity index (χ0) is 8.67. The highest BCUT2D eigenvalue weighted by molar-refractivity contribution is 5.26. The van der Waals surface area contributed by atoms with Crippen LogP contribution < -0.4 is 0 Å². The van der Waals surface area contributed by atoms with Gasteiger partial charge in [-0.15, -0.1) is 0 Å². The van der Waals surface area contributed by atoms with Gasteiger partial charge in [0.25, 0.3) is 0 Å². The second kappa shape index (κ2) is 3.15. The first-order chi connectivity index (χ1) is 6.43. The van der Waals surface area contributed by atoms with Crippen LogP contribution in [0.3, 0.4) is 0 Å². The molecule has 3 aliphatic carbocycles. The highest BCUT2D eigenvalue weighted by atomic mass is 14.4. The van der Waals surface area contributed by atoms with Crippen LogP contribution in [0.4, 0.5) is 0 Å². The fourth-order valence-corrected chi connectivity index (χ4v) is 3.68. The summed E-state index contributed by atoms with van der Waals surface area (Å²) in [6.07, 6.45) is 15.3. The Morgan fingerprint density at radius 3 is 2.46 bits per heavy atom. The number of rotatable bonds is 1. The van der Waals surface area contributed by atoms with Crippen molar-refractivity contribution >= 4 is 0 Å². The third kappa shape index (κ3) is 1.35. The van der Waals surface area contributed by atoms with Gasteiger partial charge in [-0.2, -0.15) is 0 Å². The Morgan fingerprint density at radius 1 is 1.00 bits per heavy atom. The molecule has 0 spiro atoms. The van der Waals surface area contributed by atoms with E-state index in [0.29, 0.717) is 0 Å². The second-order valence-corrected chi connectivity index (χ2v) is 5.15. The Bertz CT molecular complexity index is 210. The first-order valence-corrected chi connectivity index (χ1v) is 5.96. The van der Waals surface area contributed by atoms with E-state index in [4.69, 9.17) is 0 Å². The zero-order valence-electron chi connectivity index (χ0n) is 8.34. The molecule has 0 amide bonds. The number of fused-ring (bicyclic) bond motifs is 2. The molecule has 2 fully saturated rings. The van der Waals surface area contributed by atoms with Gasteiger partial charge in [0.05, 0.1) is 0 Å². The van der Waals surface area contributed by atoms with Crippen molar-refractivity contribution in [3.05, 3.63) is 18.1 Å². The van der Waals surface area contributed by atoms with E-state index in [-0.39, 0.29) is 0 Å². The van der Waals surface area contributed by atoms with Crippen molar-refractivity contribution in [3.8, 4) is 0 Å². The molecule has 2 atom stereocenters. The Hall–Kier alpha value is -0.260. The van der Waals surface area contributed by atoms with Gasteiger partial charge in [-0.25, -0.2) is 0 Å². The highest BCUT2D eigenvalue weighted by Gasteiger charge is 2.40. The molecular formula is C13H19. The van der Waals surface area contributed by atoms with E-state index in [9.17, 15) is 0 Å². The Kier molecular flexibility index (Phi) is 1.96. The van der Waals surface area contributed by atoms with Gasteiger partial charge in [-0.1, -0.05) is 44.3 Å². The molecule has 2 unspecified atom stereocenters. The van der Waals surface area contributed by atoms with Gasteiger partial charge in [0, 0.05) is 0 Å². The van der Waals surface area contributed by atoms with Crippen molar-refractivity contribution < 1.29 is 0 Å². The maximum Gasteiger partial charge on any atom is -0.00183 e. The molecule has 0 heterocycles. The Balaban J connectivity index is 1.68. The minimum absolute atomic E-state index is 0.957. The SMILES string of the molecule is C1=CC2C[C]1CC2C1CCCCC1. The molecule has 2 saturated carbocycles. The van der Waals surface area contributed by atoms with Crippen LogP contribution in [0.25, 0.3) is 0 Å². The van der Waals surface area contributed by atoms with E-state index < -0.39 is 0 Å². The predicted octanol–water partition coefficient (Wildman–Crippen LogP) is 3.74. The number of hydrogen-bond donors (Lipinski definition) is 0. The molecule has 0 heteroatoms. The maximum absolute atomic E-state index is 2.48. The topological polar surface area (TPSA) is 0 Å². The summed E-state index contributed by atoms with van der Waals surface area (Å²) >= 11 is 0. The van der Waals surface area contributed by atoms with Crippen LogP contribution in [0.2, 0.25) is 0 Å². The van der Waals surface area contributed by atoms with Crippen LogP contribution >= 0.6 is 0 Å². The van der Waals surface area contributed by atoms with Crippen LogP contribution in [0.5, 0.6) is 0 Å². The average molecular weight is 175 g/mol. The Morgan fingerprint density at radius 2 is 1.85 bits per heavy atom. The van der Waals surface area contributed by atoms with Gasteiger partial charge >= 0.3 is 0 Å². The fourth-order valence-electron chi connectivity index (χ4n) is 3.68. The molecule has 0 nitrogen and oxygen atoms in total. The summed E-state index contributed by atoms with van der Waals surface area (Å²) in [4.78, 5) is 0. The smallest absolute Gasteiger partial charge is 0.00183 e. The van der Waals surface area contributed by atoms with Crippen LogP contribution in [-0.2, 0) is 0 Å². The van der Waals surface area contributed by atoms with Gasteiger partial charge < -0.3 is 0 Å². The first kappa shape index (κ1) is 8.08. The van der Waals surface area contributed by atoms with Crippen molar-refractivity contribution in [2.45, 2.75) is 44.9 Å². The lowest BCUT2D eigenvalue weighted by molar-refractivity contribution is 0.223. The standard InChI is InChI=1S/C13H19/c1-2-4-11(5-3-1)13-9-10-6-7-12(13)8-10/h6-7,11-13H,1-5,8-9H2. The largest absolute Gasteiger partial charge is 0.0845 e. The maximum atomic E-state index is 2.48. The summed E-state index contributed by atoms with van der Waals surface area (Å²) < 4.78 is 0.